The maximum atomic E-state index is 12.9. The van der Waals surface area contributed by atoms with E-state index in [2.05, 4.69) is 12.2 Å². The number of halogens is 1. The molecule has 5 nitrogen and oxygen atoms in total. The van der Waals surface area contributed by atoms with Crippen LogP contribution in [0.1, 0.15) is 31.4 Å². The highest BCUT2D eigenvalue weighted by Crippen LogP contribution is 2.31. The minimum atomic E-state index is -3.48. The highest BCUT2D eigenvalue weighted by atomic mass is 35.5. The van der Waals surface area contributed by atoms with Crippen molar-refractivity contribution in [3.05, 3.63) is 34.9 Å². The van der Waals surface area contributed by atoms with Crippen molar-refractivity contribution in [3.8, 4) is 0 Å². The number of hydrogen-bond donors (Lipinski definition) is 1. The lowest BCUT2D eigenvalue weighted by Crippen LogP contribution is -2.52. The maximum absolute atomic E-state index is 12.9. The predicted molar refractivity (Wildman–Crippen MR) is 90.2 cm³/mol. The molecule has 1 heterocycles. The Morgan fingerprint density at radius 1 is 1.41 bits per heavy atom. The summed E-state index contributed by atoms with van der Waals surface area (Å²) < 4.78 is 28.8. The van der Waals surface area contributed by atoms with E-state index < -0.39 is 10.2 Å². The van der Waals surface area contributed by atoms with Crippen LogP contribution in [0.4, 0.5) is 0 Å². The fraction of sp³-hybridized carbons (Fsp3) is 0.600. The zero-order valence-corrected chi connectivity index (χ0v) is 14.7. The molecule has 1 saturated heterocycles. The molecule has 124 valence electrons. The molecule has 0 saturated carbocycles. The minimum Gasteiger partial charge on any atom is -0.313 e. The zero-order valence-electron chi connectivity index (χ0n) is 13.1. The van der Waals surface area contributed by atoms with Gasteiger partial charge >= 0.3 is 0 Å². The van der Waals surface area contributed by atoms with Crippen molar-refractivity contribution in [2.45, 2.75) is 25.8 Å². The van der Waals surface area contributed by atoms with Gasteiger partial charge in [-0.25, -0.2) is 0 Å². The molecule has 1 aromatic carbocycles. The third kappa shape index (κ3) is 3.81. The van der Waals surface area contributed by atoms with Gasteiger partial charge in [0.1, 0.15) is 0 Å². The first kappa shape index (κ1) is 17.7. The number of nitrogens with zero attached hydrogens (tertiary/aromatic N) is 2. The van der Waals surface area contributed by atoms with Gasteiger partial charge in [0.25, 0.3) is 10.2 Å². The van der Waals surface area contributed by atoms with Crippen molar-refractivity contribution < 1.29 is 8.42 Å². The van der Waals surface area contributed by atoms with Crippen LogP contribution in [0.5, 0.6) is 0 Å². The SMILES string of the molecule is CCCCN(C)S(=O)(=O)N1CCNCC1c1ccccc1Cl. The molecule has 22 heavy (non-hydrogen) atoms. The second kappa shape index (κ2) is 7.75. The van der Waals surface area contributed by atoms with E-state index in [0.717, 1.165) is 18.4 Å². The van der Waals surface area contributed by atoms with Gasteiger partial charge in [-0.05, 0) is 18.1 Å². The Hall–Kier alpha value is -0.660. The van der Waals surface area contributed by atoms with E-state index in [1.807, 2.05) is 18.2 Å². The van der Waals surface area contributed by atoms with E-state index in [1.54, 1.807) is 17.4 Å². The standard InChI is InChI=1S/C15H24ClN3O2S/c1-3-4-10-18(2)22(20,21)19-11-9-17-12-15(19)13-7-5-6-8-14(13)16/h5-8,15,17H,3-4,9-12H2,1-2H3. The molecule has 0 aliphatic carbocycles. The molecule has 1 N–H and O–H groups in total. The predicted octanol–water partition coefficient (Wildman–Crippen LogP) is 2.26. The lowest BCUT2D eigenvalue weighted by Gasteiger charge is -2.38. The monoisotopic (exact) mass is 345 g/mol. The minimum absolute atomic E-state index is 0.267. The number of nitrogens with one attached hydrogen (secondary N) is 1. The molecular formula is C15H24ClN3O2S. The Morgan fingerprint density at radius 3 is 2.82 bits per heavy atom. The molecule has 0 amide bonds. The van der Waals surface area contributed by atoms with Crippen molar-refractivity contribution in [2.24, 2.45) is 0 Å². The van der Waals surface area contributed by atoms with Crippen molar-refractivity contribution in [1.29, 1.82) is 0 Å². The first-order chi connectivity index (χ1) is 10.5. The lowest BCUT2D eigenvalue weighted by molar-refractivity contribution is 0.252. The van der Waals surface area contributed by atoms with Crippen molar-refractivity contribution >= 4 is 21.8 Å². The number of hydrogen-bond acceptors (Lipinski definition) is 3. The van der Waals surface area contributed by atoms with E-state index in [0.29, 0.717) is 31.2 Å². The molecule has 0 bridgehead atoms. The Kier molecular flexibility index (Phi) is 6.23. The van der Waals surface area contributed by atoms with Crippen LogP contribution in [0.3, 0.4) is 0 Å². The second-order valence-electron chi connectivity index (χ2n) is 5.54. The van der Waals surface area contributed by atoms with Crippen LogP contribution >= 0.6 is 11.6 Å². The summed E-state index contributed by atoms with van der Waals surface area (Å²) in [6, 6.07) is 7.18. The molecule has 1 aliphatic heterocycles. The quantitative estimate of drug-likeness (QED) is 0.860. The summed E-state index contributed by atoms with van der Waals surface area (Å²) in [5.74, 6) is 0. The van der Waals surface area contributed by atoms with Gasteiger partial charge < -0.3 is 5.32 Å². The summed E-state index contributed by atoms with van der Waals surface area (Å²) in [6.45, 7) is 4.27. The molecular weight excluding hydrogens is 322 g/mol. The molecule has 0 radical (unpaired) electrons. The van der Waals surface area contributed by atoms with Gasteiger partial charge in [-0.2, -0.15) is 17.0 Å². The third-order valence-corrected chi connectivity index (χ3v) is 6.32. The largest absolute Gasteiger partial charge is 0.313 e. The van der Waals surface area contributed by atoms with Crippen LogP contribution in [0.15, 0.2) is 24.3 Å². The van der Waals surface area contributed by atoms with Gasteiger partial charge in [0.15, 0.2) is 0 Å². The van der Waals surface area contributed by atoms with Crippen molar-refractivity contribution in [2.75, 3.05) is 33.2 Å². The maximum Gasteiger partial charge on any atom is 0.282 e. The highest BCUT2D eigenvalue weighted by Gasteiger charge is 2.36. The van der Waals surface area contributed by atoms with Gasteiger partial charge in [0, 0.05) is 38.2 Å². The molecule has 1 unspecified atom stereocenters. The molecule has 1 fully saturated rings. The second-order valence-corrected chi connectivity index (χ2v) is 7.93. The third-order valence-electron chi connectivity index (χ3n) is 3.98. The summed E-state index contributed by atoms with van der Waals surface area (Å²) in [4.78, 5) is 0. The average molecular weight is 346 g/mol. The van der Waals surface area contributed by atoms with E-state index in [-0.39, 0.29) is 6.04 Å². The van der Waals surface area contributed by atoms with Gasteiger partial charge in [-0.1, -0.05) is 43.1 Å². The van der Waals surface area contributed by atoms with Crippen molar-refractivity contribution in [3.63, 3.8) is 0 Å². The molecule has 7 heteroatoms. The molecule has 1 atom stereocenters. The van der Waals surface area contributed by atoms with Crippen LogP contribution in [0.2, 0.25) is 5.02 Å². The summed E-state index contributed by atoms with van der Waals surface area (Å²) in [5, 5.41) is 3.87. The molecule has 0 spiro atoms. The van der Waals surface area contributed by atoms with Gasteiger partial charge in [0.05, 0.1) is 6.04 Å². The number of unbranched alkanes of at least 4 members (excludes halogenated alkanes) is 1. The number of rotatable bonds is 6. The van der Waals surface area contributed by atoms with Crippen LogP contribution in [0.25, 0.3) is 0 Å². The summed E-state index contributed by atoms with van der Waals surface area (Å²) in [5.41, 5.74) is 0.851. The highest BCUT2D eigenvalue weighted by molar-refractivity contribution is 7.86. The number of piperazine rings is 1. The van der Waals surface area contributed by atoms with Gasteiger partial charge in [0.2, 0.25) is 0 Å². The van der Waals surface area contributed by atoms with Crippen LogP contribution in [0, 0.1) is 0 Å². The van der Waals surface area contributed by atoms with E-state index in [4.69, 9.17) is 11.6 Å². The smallest absolute Gasteiger partial charge is 0.282 e. The van der Waals surface area contributed by atoms with Crippen LogP contribution in [-0.4, -0.2) is 50.3 Å². The van der Waals surface area contributed by atoms with E-state index >= 15 is 0 Å². The first-order valence-corrected chi connectivity index (χ1v) is 9.44. The Labute approximate surface area is 138 Å². The molecule has 0 aromatic heterocycles. The topological polar surface area (TPSA) is 52.7 Å². The lowest BCUT2D eigenvalue weighted by atomic mass is 10.1. The van der Waals surface area contributed by atoms with Gasteiger partial charge in [-0.3, -0.25) is 0 Å². The Morgan fingerprint density at radius 2 is 2.14 bits per heavy atom. The molecule has 1 aliphatic rings. The summed E-state index contributed by atoms with van der Waals surface area (Å²) in [6.07, 6.45) is 1.83. The average Bonchev–Trinajstić information content (AvgIpc) is 2.53. The Balaban J connectivity index is 2.28. The van der Waals surface area contributed by atoms with Crippen LogP contribution in [-0.2, 0) is 10.2 Å². The van der Waals surface area contributed by atoms with Crippen LogP contribution < -0.4 is 5.32 Å². The first-order valence-electron chi connectivity index (χ1n) is 7.66. The fourth-order valence-corrected chi connectivity index (χ4v) is 4.46. The molecule has 1 aromatic rings. The summed E-state index contributed by atoms with van der Waals surface area (Å²) in [7, 11) is -1.83. The van der Waals surface area contributed by atoms with E-state index in [1.165, 1.54) is 4.31 Å². The molecule has 2 rings (SSSR count). The normalized spacial score (nSPS) is 20.5. The van der Waals surface area contributed by atoms with Gasteiger partial charge in [-0.15, -0.1) is 0 Å². The summed E-state index contributed by atoms with van der Waals surface area (Å²) >= 11 is 6.27. The fourth-order valence-electron chi connectivity index (χ4n) is 2.65. The van der Waals surface area contributed by atoms with E-state index in [9.17, 15) is 8.42 Å². The zero-order chi connectivity index (χ0) is 16.2. The number of benzene rings is 1. The van der Waals surface area contributed by atoms with Crippen molar-refractivity contribution in [1.82, 2.24) is 13.9 Å². The Bertz CT molecular complexity index is 594.